The molecular weight excluding hydrogens is 317 g/mol. The van der Waals surface area contributed by atoms with Crippen LogP contribution < -0.4 is 0 Å². The fraction of sp³-hybridized carbons (Fsp3) is 0.429. The van der Waals surface area contributed by atoms with Gasteiger partial charge < -0.3 is 10.0 Å². The number of fused-ring (bicyclic) bond motifs is 1. The van der Waals surface area contributed by atoms with Crippen LogP contribution in [0.3, 0.4) is 0 Å². The zero-order valence-electron chi connectivity index (χ0n) is 11.6. The number of β-amino-alcohol motifs (C(OH)–C–C–N with tert-alkyl or cyclic N) is 1. The quantitative estimate of drug-likeness (QED) is 0.875. The van der Waals surface area contributed by atoms with Crippen molar-refractivity contribution in [2.75, 3.05) is 13.1 Å². The number of para-hydroxylation sites is 1. The molecule has 1 aromatic carbocycles. The first kappa shape index (κ1) is 15.2. The average molecular weight is 330 g/mol. The second kappa shape index (κ2) is 4.92. The number of benzene rings is 1. The Morgan fingerprint density at radius 1 is 1.45 bits per heavy atom. The van der Waals surface area contributed by atoms with Crippen molar-refractivity contribution in [3.63, 3.8) is 0 Å². The summed E-state index contributed by atoms with van der Waals surface area (Å²) in [6.45, 7) is 2.17. The predicted molar refractivity (Wildman–Crippen MR) is 75.8 cm³/mol. The van der Waals surface area contributed by atoms with E-state index in [2.05, 4.69) is 4.98 Å². The molecule has 1 aromatic heterocycles. The number of hydrogen-bond acceptors (Lipinski definition) is 4. The molecule has 0 aliphatic carbocycles. The molecule has 1 saturated heterocycles. The van der Waals surface area contributed by atoms with E-state index in [-0.39, 0.29) is 17.6 Å². The summed E-state index contributed by atoms with van der Waals surface area (Å²) in [6, 6.07) is 4.53. The second-order valence-corrected chi connectivity index (χ2v) is 6.67. The van der Waals surface area contributed by atoms with Crippen LogP contribution in [-0.2, 0) is 6.18 Å². The molecule has 0 spiro atoms. The molecule has 1 aliphatic heterocycles. The number of alkyl halides is 3. The maximum absolute atomic E-state index is 12.8. The fourth-order valence-electron chi connectivity index (χ4n) is 2.53. The van der Waals surface area contributed by atoms with Gasteiger partial charge in [-0.15, -0.1) is 11.3 Å². The number of carbonyl (C=O) groups excluding carboxylic acids is 1. The normalized spacial score (nSPS) is 22.5. The summed E-state index contributed by atoms with van der Waals surface area (Å²) >= 11 is 0.522. The number of rotatable bonds is 1. The van der Waals surface area contributed by atoms with Gasteiger partial charge in [0.2, 0.25) is 0 Å². The number of aromatic nitrogens is 1. The summed E-state index contributed by atoms with van der Waals surface area (Å²) in [4.78, 5) is 17.5. The zero-order chi connectivity index (χ0) is 16.1. The van der Waals surface area contributed by atoms with Gasteiger partial charge in [0.15, 0.2) is 5.01 Å². The van der Waals surface area contributed by atoms with E-state index >= 15 is 0 Å². The Hall–Kier alpha value is -1.67. The Morgan fingerprint density at radius 3 is 2.77 bits per heavy atom. The molecule has 0 saturated carbocycles. The van der Waals surface area contributed by atoms with E-state index in [9.17, 15) is 23.1 Å². The number of thiazole rings is 1. The van der Waals surface area contributed by atoms with Gasteiger partial charge in [-0.05, 0) is 25.5 Å². The standard InChI is InChI=1S/C14H13F3N2O2S/c1-13(21)5-6-19(7-13)11(20)8-3-2-4-9-10(8)18-12(22-9)14(15,16)17/h2-4,21H,5-7H2,1H3/t13-/m0/s1. The summed E-state index contributed by atoms with van der Waals surface area (Å²) in [5.41, 5.74) is -0.749. The highest BCUT2D eigenvalue weighted by Gasteiger charge is 2.37. The Morgan fingerprint density at radius 2 is 2.18 bits per heavy atom. The molecule has 1 atom stereocenters. The molecule has 3 rings (SSSR count). The molecule has 1 amide bonds. The van der Waals surface area contributed by atoms with Crippen molar-refractivity contribution < 1.29 is 23.1 Å². The van der Waals surface area contributed by atoms with E-state index in [0.717, 1.165) is 0 Å². The first-order valence-electron chi connectivity index (χ1n) is 6.66. The first-order valence-corrected chi connectivity index (χ1v) is 7.47. The van der Waals surface area contributed by atoms with Gasteiger partial charge in [-0.25, -0.2) is 4.98 Å². The molecule has 1 N–H and O–H groups in total. The topological polar surface area (TPSA) is 53.4 Å². The van der Waals surface area contributed by atoms with Gasteiger partial charge in [0.25, 0.3) is 5.91 Å². The van der Waals surface area contributed by atoms with Crippen LogP contribution in [0.1, 0.15) is 28.7 Å². The van der Waals surface area contributed by atoms with Crippen LogP contribution in [0.15, 0.2) is 18.2 Å². The molecular formula is C14H13F3N2O2S. The monoisotopic (exact) mass is 330 g/mol. The Kier molecular flexibility index (Phi) is 3.41. The predicted octanol–water partition coefficient (Wildman–Crippen LogP) is 2.91. The summed E-state index contributed by atoms with van der Waals surface area (Å²) in [5.74, 6) is -0.401. The largest absolute Gasteiger partial charge is 0.443 e. The zero-order valence-corrected chi connectivity index (χ0v) is 12.5. The lowest BCUT2D eigenvalue weighted by atomic mass is 10.1. The molecule has 22 heavy (non-hydrogen) atoms. The smallest absolute Gasteiger partial charge is 0.388 e. The van der Waals surface area contributed by atoms with E-state index in [0.29, 0.717) is 29.0 Å². The van der Waals surface area contributed by atoms with E-state index in [1.165, 1.54) is 17.0 Å². The minimum Gasteiger partial charge on any atom is -0.388 e. The van der Waals surface area contributed by atoms with Crippen LogP contribution in [0.4, 0.5) is 13.2 Å². The maximum Gasteiger partial charge on any atom is 0.443 e. The van der Waals surface area contributed by atoms with Gasteiger partial charge in [0.05, 0.1) is 21.4 Å². The van der Waals surface area contributed by atoms with E-state index < -0.39 is 22.7 Å². The number of aliphatic hydroxyl groups is 1. The third-order valence-electron chi connectivity index (χ3n) is 3.63. The van der Waals surface area contributed by atoms with Crippen LogP contribution >= 0.6 is 11.3 Å². The highest BCUT2D eigenvalue weighted by atomic mass is 32.1. The van der Waals surface area contributed by atoms with Crippen molar-refractivity contribution >= 4 is 27.5 Å². The average Bonchev–Trinajstić information content (AvgIpc) is 3.00. The third kappa shape index (κ3) is 2.68. The summed E-state index contributed by atoms with van der Waals surface area (Å²) in [5, 5.41) is 8.97. The number of halogens is 3. The number of amides is 1. The molecule has 0 radical (unpaired) electrons. The fourth-order valence-corrected chi connectivity index (χ4v) is 3.39. The highest BCUT2D eigenvalue weighted by molar-refractivity contribution is 7.18. The van der Waals surface area contributed by atoms with Crippen molar-refractivity contribution in [2.45, 2.75) is 25.1 Å². The second-order valence-electron chi connectivity index (χ2n) is 5.64. The van der Waals surface area contributed by atoms with Crippen LogP contribution in [0.2, 0.25) is 0 Å². The van der Waals surface area contributed by atoms with Crippen LogP contribution in [0.25, 0.3) is 10.2 Å². The summed E-state index contributed by atoms with van der Waals surface area (Å²) < 4.78 is 38.7. The van der Waals surface area contributed by atoms with Crippen molar-refractivity contribution in [2.24, 2.45) is 0 Å². The minimum atomic E-state index is -4.53. The van der Waals surface area contributed by atoms with Crippen molar-refractivity contribution in [3.05, 3.63) is 28.8 Å². The third-order valence-corrected chi connectivity index (χ3v) is 4.70. The number of carbonyl (C=O) groups is 1. The van der Waals surface area contributed by atoms with Crippen molar-refractivity contribution in [3.8, 4) is 0 Å². The van der Waals surface area contributed by atoms with Crippen LogP contribution in [0, 0.1) is 0 Å². The molecule has 1 aliphatic rings. The van der Waals surface area contributed by atoms with Gasteiger partial charge in [-0.3, -0.25) is 4.79 Å². The van der Waals surface area contributed by atoms with Gasteiger partial charge in [-0.1, -0.05) is 6.07 Å². The number of hydrogen-bond donors (Lipinski definition) is 1. The van der Waals surface area contributed by atoms with Crippen molar-refractivity contribution in [1.82, 2.24) is 9.88 Å². The Balaban J connectivity index is 2.00. The summed E-state index contributed by atoms with van der Waals surface area (Å²) in [6.07, 6.45) is -4.08. The van der Waals surface area contributed by atoms with Crippen molar-refractivity contribution in [1.29, 1.82) is 0 Å². The van der Waals surface area contributed by atoms with Gasteiger partial charge in [-0.2, -0.15) is 13.2 Å². The van der Waals surface area contributed by atoms with E-state index in [1.54, 1.807) is 13.0 Å². The molecule has 2 aromatic rings. The lowest BCUT2D eigenvalue weighted by Gasteiger charge is -2.19. The minimum absolute atomic E-state index is 0.0661. The Labute approximate surface area is 128 Å². The summed E-state index contributed by atoms with van der Waals surface area (Å²) in [7, 11) is 0. The van der Waals surface area contributed by atoms with E-state index in [4.69, 9.17) is 0 Å². The van der Waals surface area contributed by atoms with Crippen LogP contribution in [-0.4, -0.2) is 39.6 Å². The molecule has 1 fully saturated rings. The number of nitrogens with zero attached hydrogens (tertiary/aromatic N) is 2. The maximum atomic E-state index is 12.8. The SMILES string of the molecule is C[C@]1(O)CCN(C(=O)c2cccc3sc(C(F)(F)F)nc23)C1. The number of likely N-dealkylation sites (tertiary alicyclic amines) is 1. The lowest BCUT2D eigenvalue weighted by molar-refractivity contribution is -0.137. The lowest BCUT2D eigenvalue weighted by Crippen LogP contribution is -2.34. The molecule has 118 valence electrons. The van der Waals surface area contributed by atoms with Gasteiger partial charge in [0, 0.05) is 13.1 Å². The highest BCUT2D eigenvalue weighted by Crippen LogP contribution is 2.36. The first-order chi connectivity index (χ1) is 10.2. The van der Waals surface area contributed by atoms with E-state index in [1.807, 2.05) is 0 Å². The molecule has 0 unspecified atom stereocenters. The molecule has 8 heteroatoms. The molecule has 2 heterocycles. The Bertz CT molecular complexity index is 739. The molecule has 4 nitrogen and oxygen atoms in total. The molecule has 0 bridgehead atoms. The van der Waals surface area contributed by atoms with Gasteiger partial charge >= 0.3 is 6.18 Å². The van der Waals surface area contributed by atoms with Gasteiger partial charge in [0.1, 0.15) is 0 Å². The van der Waals surface area contributed by atoms with Crippen LogP contribution in [0.5, 0.6) is 0 Å².